The van der Waals surface area contributed by atoms with E-state index < -0.39 is 0 Å². The van der Waals surface area contributed by atoms with E-state index in [4.69, 9.17) is 0 Å². The summed E-state index contributed by atoms with van der Waals surface area (Å²) in [5.41, 5.74) is 2.75. The molecule has 0 radical (unpaired) electrons. The molecular weight excluding hydrogens is 151 g/mol. The Balaban J connectivity index is 3.06. The molecule has 11 heavy (non-hydrogen) atoms. The minimum absolute atomic E-state index is 0.547. The number of hydrogen-bond acceptors (Lipinski definition) is 0. The zero-order valence-electron chi connectivity index (χ0n) is 6.54. The minimum atomic E-state index is 0.547. The third kappa shape index (κ3) is 1.27. The minimum Gasteiger partial charge on any atom is -0.0906 e. The highest BCUT2D eigenvalue weighted by Crippen LogP contribution is 2.48. The van der Waals surface area contributed by atoms with E-state index in [9.17, 15) is 0 Å². The lowest BCUT2D eigenvalue weighted by Gasteiger charge is -2.22. The van der Waals surface area contributed by atoms with Gasteiger partial charge < -0.3 is 0 Å². The van der Waals surface area contributed by atoms with E-state index in [1.165, 1.54) is 0 Å². The first-order chi connectivity index (χ1) is 5.04. The molecule has 0 aliphatic carbocycles. The van der Waals surface area contributed by atoms with Gasteiger partial charge >= 0.3 is 0 Å². The molecule has 0 bridgehead atoms. The fourth-order valence-corrected chi connectivity index (χ4v) is 1.85. The highest BCUT2D eigenvalue weighted by Gasteiger charge is 2.17. The SMILES string of the molecule is C=C1PC(=C)C(=C)C(=C)C1=C. The first-order valence-corrected chi connectivity index (χ1v) is 4.27. The van der Waals surface area contributed by atoms with Crippen molar-refractivity contribution in [2.24, 2.45) is 0 Å². The van der Waals surface area contributed by atoms with Crippen LogP contribution in [-0.2, 0) is 0 Å². The van der Waals surface area contributed by atoms with E-state index in [-0.39, 0.29) is 0 Å². The molecule has 0 nitrogen and oxygen atoms in total. The van der Waals surface area contributed by atoms with Crippen molar-refractivity contribution in [2.75, 3.05) is 0 Å². The molecule has 0 aromatic rings. The van der Waals surface area contributed by atoms with E-state index >= 15 is 0 Å². The standard InChI is InChI=1S/C10H11P/c1-6-7(2)9(4)11-10(5)8(6)3/h11H,1-5H2. The summed E-state index contributed by atoms with van der Waals surface area (Å²) in [4.78, 5) is 0. The molecule has 0 atom stereocenters. The van der Waals surface area contributed by atoms with E-state index in [0.29, 0.717) is 8.58 Å². The number of rotatable bonds is 0. The average Bonchev–Trinajstić information content (AvgIpc) is 1.97. The Kier molecular flexibility index (Phi) is 1.97. The molecule has 56 valence electrons. The molecule has 1 aliphatic rings. The smallest absolute Gasteiger partial charge is 0.0183 e. The van der Waals surface area contributed by atoms with Gasteiger partial charge in [-0.25, -0.2) is 0 Å². The molecule has 1 heteroatoms. The lowest BCUT2D eigenvalue weighted by atomic mass is 10.0. The van der Waals surface area contributed by atoms with Crippen molar-refractivity contribution >= 4 is 8.58 Å². The Labute approximate surface area is 69.5 Å². The van der Waals surface area contributed by atoms with E-state index in [1.54, 1.807) is 0 Å². The second-order valence-electron chi connectivity index (χ2n) is 2.52. The molecule has 1 saturated heterocycles. The van der Waals surface area contributed by atoms with Gasteiger partial charge in [-0.2, -0.15) is 0 Å². The fourth-order valence-electron chi connectivity index (χ4n) is 0.879. The predicted octanol–water partition coefficient (Wildman–Crippen LogP) is 3.37. The van der Waals surface area contributed by atoms with Crippen LogP contribution in [0.15, 0.2) is 60.2 Å². The molecule has 0 spiro atoms. The predicted molar refractivity (Wildman–Crippen MR) is 54.0 cm³/mol. The molecule has 0 N–H and O–H groups in total. The fraction of sp³-hybridized carbons (Fsp3) is 0. The third-order valence-electron chi connectivity index (χ3n) is 1.76. The maximum absolute atomic E-state index is 3.88. The molecule has 0 aromatic heterocycles. The van der Waals surface area contributed by atoms with E-state index in [1.807, 2.05) is 0 Å². The molecule has 1 rings (SSSR count). The van der Waals surface area contributed by atoms with Crippen LogP contribution in [0.5, 0.6) is 0 Å². The quantitative estimate of drug-likeness (QED) is 0.479. The summed E-state index contributed by atoms with van der Waals surface area (Å²) in [5, 5.41) is 2.07. The van der Waals surface area contributed by atoms with Crippen LogP contribution in [0.2, 0.25) is 0 Å². The lowest BCUT2D eigenvalue weighted by molar-refractivity contribution is 1.47. The third-order valence-corrected chi connectivity index (χ3v) is 2.97. The maximum Gasteiger partial charge on any atom is -0.0183 e. The van der Waals surface area contributed by atoms with Crippen molar-refractivity contribution in [3.05, 3.63) is 60.2 Å². The van der Waals surface area contributed by atoms with Gasteiger partial charge in [-0.15, -0.1) is 0 Å². The van der Waals surface area contributed by atoms with Gasteiger partial charge in [0.1, 0.15) is 0 Å². The maximum atomic E-state index is 3.88. The first kappa shape index (κ1) is 8.23. The van der Waals surface area contributed by atoms with Crippen LogP contribution in [0.25, 0.3) is 0 Å². The summed E-state index contributed by atoms with van der Waals surface area (Å²) < 4.78 is 0. The second kappa shape index (κ2) is 2.64. The zero-order valence-corrected chi connectivity index (χ0v) is 7.54. The van der Waals surface area contributed by atoms with Crippen molar-refractivity contribution in [1.82, 2.24) is 0 Å². The molecule has 0 saturated carbocycles. The van der Waals surface area contributed by atoms with Gasteiger partial charge in [0.15, 0.2) is 0 Å². The number of hydrogen-bond donors (Lipinski definition) is 0. The van der Waals surface area contributed by atoms with E-state index in [2.05, 4.69) is 32.9 Å². The van der Waals surface area contributed by atoms with Crippen LogP contribution in [0.4, 0.5) is 0 Å². The Morgan fingerprint density at radius 1 is 0.636 bits per heavy atom. The summed E-state index contributed by atoms with van der Waals surface area (Å²) in [5.74, 6) is 0. The Hall–Kier alpha value is -0.870. The van der Waals surface area contributed by atoms with Crippen LogP contribution >= 0.6 is 8.58 Å². The van der Waals surface area contributed by atoms with Crippen molar-refractivity contribution in [3.63, 3.8) is 0 Å². The largest absolute Gasteiger partial charge is 0.0906 e. The summed E-state index contributed by atoms with van der Waals surface area (Å²) in [6.45, 7) is 19.4. The average molecular weight is 162 g/mol. The second-order valence-corrected chi connectivity index (χ2v) is 3.97. The monoisotopic (exact) mass is 162 g/mol. The molecule has 1 fully saturated rings. The summed E-state index contributed by atoms with van der Waals surface area (Å²) in [7, 11) is 0.547. The topological polar surface area (TPSA) is 0 Å². The summed E-state index contributed by atoms with van der Waals surface area (Å²) >= 11 is 0. The van der Waals surface area contributed by atoms with Crippen molar-refractivity contribution in [3.8, 4) is 0 Å². The van der Waals surface area contributed by atoms with Crippen molar-refractivity contribution in [2.45, 2.75) is 0 Å². The number of allylic oxidation sites excluding steroid dienone is 5. The Morgan fingerprint density at radius 3 is 1.36 bits per heavy atom. The Morgan fingerprint density at radius 2 is 1.00 bits per heavy atom. The van der Waals surface area contributed by atoms with Gasteiger partial charge in [0, 0.05) is 0 Å². The van der Waals surface area contributed by atoms with Crippen molar-refractivity contribution in [1.29, 1.82) is 0 Å². The highest BCUT2D eigenvalue weighted by atomic mass is 31.1. The lowest BCUT2D eigenvalue weighted by Crippen LogP contribution is -1.97. The van der Waals surface area contributed by atoms with Gasteiger partial charge in [-0.05, 0) is 27.3 Å². The molecule has 0 unspecified atom stereocenters. The van der Waals surface area contributed by atoms with Crippen LogP contribution in [0, 0.1) is 0 Å². The zero-order chi connectivity index (χ0) is 8.59. The van der Waals surface area contributed by atoms with Crippen LogP contribution in [0.1, 0.15) is 0 Å². The molecule has 1 heterocycles. The van der Waals surface area contributed by atoms with Gasteiger partial charge in [0.05, 0.1) is 0 Å². The Bertz CT molecular complexity index is 264. The molecule has 0 aromatic carbocycles. The van der Waals surface area contributed by atoms with Gasteiger partial charge in [0.2, 0.25) is 0 Å². The molecule has 0 amide bonds. The molecular formula is C10H11P. The van der Waals surface area contributed by atoms with Gasteiger partial charge in [-0.1, -0.05) is 41.5 Å². The van der Waals surface area contributed by atoms with Gasteiger partial charge in [0.25, 0.3) is 0 Å². The van der Waals surface area contributed by atoms with Gasteiger partial charge in [-0.3, -0.25) is 0 Å². The van der Waals surface area contributed by atoms with E-state index in [0.717, 1.165) is 27.3 Å². The summed E-state index contributed by atoms with van der Waals surface area (Å²) in [6.07, 6.45) is 0. The first-order valence-electron chi connectivity index (χ1n) is 3.27. The van der Waals surface area contributed by atoms with Crippen LogP contribution in [-0.4, -0.2) is 0 Å². The van der Waals surface area contributed by atoms with Crippen molar-refractivity contribution < 1.29 is 0 Å². The molecule has 1 aliphatic heterocycles. The summed E-state index contributed by atoms with van der Waals surface area (Å²) in [6, 6.07) is 0. The normalized spacial score (nSPS) is 19.5. The van der Waals surface area contributed by atoms with Crippen LogP contribution < -0.4 is 0 Å². The highest BCUT2D eigenvalue weighted by molar-refractivity contribution is 7.49. The van der Waals surface area contributed by atoms with Crippen LogP contribution in [0.3, 0.4) is 0 Å².